The summed E-state index contributed by atoms with van der Waals surface area (Å²) in [6, 6.07) is 0.442. The van der Waals surface area contributed by atoms with E-state index in [2.05, 4.69) is 30.6 Å². The lowest BCUT2D eigenvalue weighted by Crippen LogP contribution is -2.27. The molecule has 0 unspecified atom stereocenters. The Hall–Kier alpha value is -1.15. The first kappa shape index (κ1) is 10.4. The van der Waals surface area contributed by atoms with Crippen molar-refractivity contribution in [3.63, 3.8) is 0 Å². The molecule has 0 saturated carbocycles. The lowest BCUT2D eigenvalue weighted by Gasteiger charge is -2.24. The van der Waals surface area contributed by atoms with Crippen LogP contribution in [-0.4, -0.2) is 6.04 Å². The molecule has 0 amide bonds. The van der Waals surface area contributed by atoms with Gasteiger partial charge in [-0.25, -0.2) is 0 Å². The molecule has 2 rings (SSSR count). The first-order valence-corrected chi connectivity index (χ1v) is 5.55. The topological polar surface area (TPSA) is 24.1 Å². The fourth-order valence-electron chi connectivity index (χ4n) is 1.74. The van der Waals surface area contributed by atoms with Gasteiger partial charge < -0.3 is 10.6 Å². The smallest absolute Gasteiger partial charge is 0.0451 e. The number of fused-ring (bicyclic) bond motifs is 1. The monoisotopic (exact) mass is 222 g/mol. The van der Waals surface area contributed by atoms with Crippen molar-refractivity contribution in [1.29, 1.82) is 0 Å². The Morgan fingerprint density at radius 1 is 1.47 bits per heavy atom. The summed E-state index contributed by atoms with van der Waals surface area (Å²) in [7, 11) is 0. The molecule has 0 atom stereocenters. The van der Waals surface area contributed by atoms with Crippen molar-refractivity contribution in [2.24, 2.45) is 0 Å². The van der Waals surface area contributed by atoms with Crippen LogP contribution in [0.1, 0.15) is 20.3 Å². The molecule has 2 aliphatic rings. The summed E-state index contributed by atoms with van der Waals surface area (Å²) in [5.74, 6) is 0. The zero-order valence-electron chi connectivity index (χ0n) is 8.97. The van der Waals surface area contributed by atoms with Gasteiger partial charge in [-0.15, -0.1) is 0 Å². The molecule has 0 aromatic rings. The summed E-state index contributed by atoms with van der Waals surface area (Å²) < 4.78 is 0. The van der Waals surface area contributed by atoms with E-state index in [1.807, 2.05) is 18.4 Å². The van der Waals surface area contributed by atoms with Gasteiger partial charge in [-0.3, -0.25) is 0 Å². The molecular weight excluding hydrogens is 208 g/mol. The van der Waals surface area contributed by atoms with Crippen molar-refractivity contribution < 1.29 is 0 Å². The highest BCUT2D eigenvalue weighted by Crippen LogP contribution is 2.27. The lowest BCUT2D eigenvalue weighted by atomic mass is 9.99. The minimum atomic E-state index is 0.442. The number of nitrogens with one attached hydrogen (secondary N) is 2. The Kier molecular flexibility index (Phi) is 2.87. The van der Waals surface area contributed by atoms with Crippen LogP contribution in [0.25, 0.3) is 0 Å². The molecule has 0 aromatic heterocycles. The average Bonchev–Trinajstić information content (AvgIpc) is 2.16. The second kappa shape index (κ2) is 4.15. The summed E-state index contributed by atoms with van der Waals surface area (Å²) in [5, 5.41) is 7.45. The number of hydrogen-bond acceptors (Lipinski definition) is 2. The Morgan fingerprint density at radius 3 is 3.00 bits per heavy atom. The molecule has 2 nitrogen and oxygen atoms in total. The molecule has 0 aromatic carbocycles. The molecule has 1 aliphatic heterocycles. The molecule has 2 N–H and O–H groups in total. The number of hydrogen-bond donors (Lipinski definition) is 2. The zero-order chi connectivity index (χ0) is 10.8. The lowest BCUT2D eigenvalue weighted by molar-refractivity contribution is 0.669. The van der Waals surface area contributed by atoms with Gasteiger partial charge in [0, 0.05) is 34.2 Å². The van der Waals surface area contributed by atoms with E-state index < -0.39 is 0 Å². The highest BCUT2D eigenvalue weighted by molar-refractivity contribution is 6.31. The van der Waals surface area contributed by atoms with Crippen LogP contribution in [0, 0.1) is 0 Å². The van der Waals surface area contributed by atoms with Crippen LogP contribution in [-0.2, 0) is 0 Å². The van der Waals surface area contributed by atoms with Gasteiger partial charge in [0.25, 0.3) is 0 Å². The Bertz CT molecular complexity index is 386. The summed E-state index contributed by atoms with van der Waals surface area (Å²) in [5.41, 5.74) is 3.58. The van der Waals surface area contributed by atoms with Crippen LogP contribution >= 0.6 is 11.6 Å². The molecule has 1 heterocycles. The van der Waals surface area contributed by atoms with Crippen LogP contribution in [0.4, 0.5) is 0 Å². The first-order chi connectivity index (χ1) is 7.16. The predicted molar refractivity (Wildman–Crippen MR) is 64.2 cm³/mol. The largest absolute Gasteiger partial charge is 0.383 e. The van der Waals surface area contributed by atoms with Gasteiger partial charge in [0.15, 0.2) is 0 Å². The highest BCUT2D eigenvalue weighted by Gasteiger charge is 2.16. The minimum Gasteiger partial charge on any atom is -0.383 e. The third-order valence-electron chi connectivity index (χ3n) is 2.37. The van der Waals surface area contributed by atoms with E-state index in [0.717, 1.165) is 17.2 Å². The van der Waals surface area contributed by atoms with Crippen molar-refractivity contribution in [3.8, 4) is 0 Å². The summed E-state index contributed by atoms with van der Waals surface area (Å²) in [6.07, 6.45) is 8.89. The van der Waals surface area contributed by atoms with Crippen molar-refractivity contribution in [2.75, 3.05) is 0 Å². The van der Waals surface area contributed by atoms with Crippen molar-refractivity contribution in [1.82, 2.24) is 10.6 Å². The maximum atomic E-state index is 5.97. The van der Waals surface area contributed by atoms with Gasteiger partial charge in [-0.05, 0) is 32.4 Å². The first-order valence-electron chi connectivity index (χ1n) is 5.17. The van der Waals surface area contributed by atoms with Crippen LogP contribution in [0.2, 0.25) is 0 Å². The second-order valence-electron chi connectivity index (χ2n) is 4.02. The molecule has 0 fully saturated rings. The van der Waals surface area contributed by atoms with Gasteiger partial charge in [0.1, 0.15) is 0 Å². The van der Waals surface area contributed by atoms with E-state index >= 15 is 0 Å². The van der Waals surface area contributed by atoms with Gasteiger partial charge in [0.2, 0.25) is 0 Å². The summed E-state index contributed by atoms with van der Waals surface area (Å²) in [4.78, 5) is 0. The van der Waals surface area contributed by atoms with Gasteiger partial charge in [-0.1, -0.05) is 17.7 Å². The van der Waals surface area contributed by atoms with Crippen molar-refractivity contribution in [3.05, 3.63) is 46.4 Å². The Morgan fingerprint density at radius 2 is 2.27 bits per heavy atom. The van der Waals surface area contributed by atoms with Crippen LogP contribution < -0.4 is 10.6 Å². The number of allylic oxidation sites excluding steroid dienone is 5. The van der Waals surface area contributed by atoms with Gasteiger partial charge in [0.05, 0.1) is 0 Å². The molecule has 1 aliphatic carbocycles. The minimum absolute atomic E-state index is 0.442. The SMILES string of the molecule is CC(C)NC1=C2CC=C(Cl)C=C2NC=C1. The van der Waals surface area contributed by atoms with Crippen LogP contribution in [0.3, 0.4) is 0 Å². The maximum Gasteiger partial charge on any atom is 0.0451 e. The van der Waals surface area contributed by atoms with Crippen molar-refractivity contribution >= 4 is 11.6 Å². The second-order valence-corrected chi connectivity index (χ2v) is 4.46. The van der Waals surface area contributed by atoms with E-state index in [-0.39, 0.29) is 0 Å². The molecule has 80 valence electrons. The zero-order valence-corrected chi connectivity index (χ0v) is 9.73. The number of halogens is 1. The highest BCUT2D eigenvalue weighted by atomic mass is 35.5. The third-order valence-corrected chi connectivity index (χ3v) is 2.63. The number of rotatable bonds is 2. The molecule has 0 bridgehead atoms. The third kappa shape index (κ3) is 2.26. The molecule has 0 radical (unpaired) electrons. The quantitative estimate of drug-likeness (QED) is 0.751. The van der Waals surface area contributed by atoms with Crippen LogP contribution in [0.15, 0.2) is 46.4 Å². The molecule has 15 heavy (non-hydrogen) atoms. The fourth-order valence-corrected chi connectivity index (χ4v) is 1.93. The van der Waals surface area contributed by atoms with E-state index in [4.69, 9.17) is 11.6 Å². The van der Waals surface area contributed by atoms with Crippen LogP contribution in [0.5, 0.6) is 0 Å². The number of dihydropyridines is 1. The summed E-state index contributed by atoms with van der Waals surface area (Å²) >= 11 is 5.97. The van der Waals surface area contributed by atoms with E-state index in [9.17, 15) is 0 Å². The molecule has 0 saturated heterocycles. The Balaban J connectivity index is 2.30. The van der Waals surface area contributed by atoms with Gasteiger partial charge >= 0.3 is 0 Å². The normalized spacial score (nSPS) is 19.5. The summed E-state index contributed by atoms with van der Waals surface area (Å²) in [6.45, 7) is 4.27. The fraction of sp³-hybridized carbons (Fsp3) is 0.333. The van der Waals surface area contributed by atoms with Crippen molar-refractivity contribution in [2.45, 2.75) is 26.3 Å². The predicted octanol–water partition coefficient (Wildman–Crippen LogP) is 2.77. The Labute approximate surface area is 95.4 Å². The van der Waals surface area contributed by atoms with E-state index in [0.29, 0.717) is 6.04 Å². The standard InChI is InChI=1S/C12H15ClN2/c1-8(2)15-11-5-6-14-12-7-9(13)3-4-10(11)12/h3,5-8,14-15H,4H2,1-2H3. The molecule has 3 heteroatoms. The molecular formula is C12H15ClN2. The van der Waals surface area contributed by atoms with E-state index in [1.165, 1.54) is 11.3 Å². The molecule has 0 spiro atoms. The van der Waals surface area contributed by atoms with E-state index in [1.54, 1.807) is 0 Å². The van der Waals surface area contributed by atoms with Gasteiger partial charge in [-0.2, -0.15) is 0 Å². The maximum absolute atomic E-state index is 5.97. The average molecular weight is 223 g/mol.